The number of phenols is 1. The van der Waals surface area contributed by atoms with E-state index in [1.165, 1.54) is 24.8 Å². The second-order valence-electron chi connectivity index (χ2n) is 10.7. The van der Waals surface area contributed by atoms with Gasteiger partial charge in [0.2, 0.25) is 0 Å². The van der Waals surface area contributed by atoms with Crippen molar-refractivity contribution in [1.82, 2.24) is 4.90 Å². The van der Waals surface area contributed by atoms with Crippen LogP contribution >= 0.6 is 0 Å². The van der Waals surface area contributed by atoms with Crippen LogP contribution < -0.4 is 4.74 Å². The minimum absolute atomic E-state index is 0.0965. The van der Waals surface area contributed by atoms with Gasteiger partial charge in [0.25, 0.3) is 0 Å². The summed E-state index contributed by atoms with van der Waals surface area (Å²) in [5.74, 6) is 1.53. The molecule has 2 aliphatic heterocycles. The number of likely N-dealkylation sites (tertiary alicyclic amines) is 1. The molecule has 5 atom stereocenters. The molecule has 0 radical (unpaired) electrons. The summed E-state index contributed by atoms with van der Waals surface area (Å²) in [6.07, 6.45) is 6.66. The highest BCUT2D eigenvalue weighted by Gasteiger charge is 2.73. The fourth-order valence-electron chi connectivity index (χ4n) is 7.48. The van der Waals surface area contributed by atoms with Crippen LogP contribution in [0.3, 0.4) is 0 Å². The topological polar surface area (TPSA) is 80.6 Å². The number of phenolic OH excluding ortho intramolecular Hbond substituents is 1. The van der Waals surface area contributed by atoms with Crippen LogP contribution in [0.5, 0.6) is 11.5 Å². The second-order valence-corrected chi connectivity index (χ2v) is 10.7. The monoisotopic (exact) mass is 459 g/mol. The van der Waals surface area contributed by atoms with E-state index in [2.05, 4.69) is 11.0 Å². The Labute approximate surface area is 196 Å². The summed E-state index contributed by atoms with van der Waals surface area (Å²) < 4.78 is 23.4. The first-order chi connectivity index (χ1) is 16.1. The van der Waals surface area contributed by atoms with E-state index in [-0.39, 0.29) is 24.0 Å². The van der Waals surface area contributed by atoms with Crippen molar-refractivity contribution in [3.8, 4) is 11.5 Å². The normalized spacial score (nSPS) is 36.8. The Hall–Kier alpha value is -1.38. The average Bonchev–Trinajstić information content (AvgIpc) is 3.13. The third-order valence-corrected chi connectivity index (χ3v) is 9.23. The van der Waals surface area contributed by atoms with Crippen LogP contribution in [0, 0.1) is 5.92 Å². The van der Waals surface area contributed by atoms with Gasteiger partial charge in [-0.2, -0.15) is 0 Å². The summed E-state index contributed by atoms with van der Waals surface area (Å²) in [5.41, 5.74) is 0.900. The first-order valence-electron chi connectivity index (χ1n) is 12.7. The predicted octanol–water partition coefficient (Wildman–Crippen LogP) is 2.39. The molecule has 3 unspecified atom stereocenters. The molecule has 1 spiro atoms. The number of aromatic hydroxyl groups is 1. The maximum absolute atomic E-state index is 12.5. The number of piperidine rings is 1. The maximum Gasteiger partial charge on any atom is 0.165 e. The smallest absolute Gasteiger partial charge is 0.165 e. The molecule has 1 aromatic carbocycles. The van der Waals surface area contributed by atoms with E-state index >= 15 is 0 Å². The van der Waals surface area contributed by atoms with Gasteiger partial charge in [0.05, 0.1) is 43.5 Å². The van der Waals surface area contributed by atoms with Crippen molar-refractivity contribution >= 4 is 0 Å². The molecule has 7 nitrogen and oxygen atoms in total. The summed E-state index contributed by atoms with van der Waals surface area (Å²) in [6.45, 7) is 4.16. The highest BCUT2D eigenvalue weighted by molar-refractivity contribution is 5.62. The molecular formula is C26H37NO6. The second kappa shape index (κ2) is 8.38. The van der Waals surface area contributed by atoms with Gasteiger partial charge in [0.15, 0.2) is 11.5 Å². The fourth-order valence-corrected chi connectivity index (χ4v) is 7.48. The SMILES string of the molecule is COCCOCCOC1CC[C@@]2(O)C3Cc4ccc(O)c5c4C2(CCN3CC2CCC2)[C@H]1O5. The van der Waals surface area contributed by atoms with Crippen LogP contribution in [0.4, 0.5) is 0 Å². The summed E-state index contributed by atoms with van der Waals surface area (Å²) in [7, 11) is 1.66. The first-order valence-corrected chi connectivity index (χ1v) is 12.7. The Balaban J connectivity index is 1.29. The molecule has 7 heteroatoms. The van der Waals surface area contributed by atoms with E-state index in [4.69, 9.17) is 18.9 Å². The van der Waals surface area contributed by atoms with Gasteiger partial charge in [-0.25, -0.2) is 0 Å². The fraction of sp³-hybridized carbons (Fsp3) is 0.769. The van der Waals surface area contributed by atoms with Crippen molar-refractivity contribution in [3.05, 3.63) is 23.3 Å². The predicted molar refractivity (Wildman–Crippen MR) is 122 cm³/mol. The average molecular weight is 460 g/mol. The van der Waals surface area contributed by atoms with E-state index < -0.39 is 11.0 Å². The van der Waals surface area contributed by atoms with Gasteiger partial charge in [-0.05, 0) is 62.6 Å². The molecular weight excluding hydrogens is 422 g/mol. The third kappa shape index (κ3) is 3.19. The third-order valence-electron chi connectivity index (χ3n) is 9.23. The van der Waals surface area contributed by atoms with Crippen molar-refractivity contribution in [1.29, 1.82) is 0 Å². The highest BCUT2D eigenvalue weighted by Crippen LogP contribution is 2.65. The molecule has 2 saturated carbocycles. The molecule has 2 N–H and O–H groups in total. The highest BCUT2D eigenvalue weighted by atomic mass is 16.6. The standard InChI is InChI=1S/C26H37NO6/c1-30-11-12-31-13-14-32-20-7-8-26(29)21-15-18-5-6-19(28)23-22(18)25(26,24(20)33-23)9-10-27(21)16-17-3-2-4-17/h5-6,17,20-21,24,28-29H,2-4,7-16H2,1H3/t20?,21?,24-,25?,26+/m0/s1. The lowest BCUT2D eigenvalue weighted by molar-refractivity contribution is -0.218. The first kappa shape index (κ1) is 22.1. The quantitative estimate of drug-likeness (QED) is 0.549. The molecule has 33 heavy (non-hydrogen) atoms. The van der Waals surface area contributed by atoms with Gasteiger partial charge in [-0.15, -0.1) is 0 Å². The number of hydrogen-bond acceptors (Lipinski definition) is 7. The Morgan fingerprint density at radius 1 is 1.12 bits per heavy atom. The van der Waals surface area contributed by atoms with Gasteiger partial charge >= 0.3 is 0 Å². The van der Waals surface area contributed by atoms with E-state index in [1.54, 1.807) is 13.2 Å². The minimum atomic E-state index is -0.861. The zero-order chi connectivity index (χ0) is 22.6. The minimum Gasteiger partial charge on any atom is -0.504 e. The molecule has 1 aromatic rings. The molecule has 2 heterocycles. The lowest BCUT2D eigenvalue weighted by Gasteiger charge is -2.64. The number of methoxy groups -OCH3 is 1. The summed E-state index contributed by atoms with van der Waals surface area (Å²) >= 11 is 0. The number of aliphatic hydroxyl groups is 1. The molecule has 6 rings (SSSR count). The number of ether oxygens (including phenoxy) is 4. The van der Waals surface area contributed by atoms with Crippen LogP contribution in [0.1, 0.15) is 49.7 Å². The molecule has 5 aliphatic rings. The number of hydrogen-bond donors (Lipinski definition) is 2. The van der Waals surface area contributed by atoms with Crippen LogP contribution in [0.15, 0.2) is 12.1 Å². The van der Waals surface area contributed by atoms with Crippen molar-refractivity contribution in [3.63, 3.8) is 0 Å². The van der Waals surface area contributed by atoms with Crippen LogP contribution in [0.2, 0.25) is 0 Å². The molecule has 0 amide bonds. The van der Waals surface area contributed by atoms with Crippen LogP contribution in [-0.2, 0) is 26.0 Å². The van der Waals surface area contributed by atoms with Gasteiger partial charge in [0.1, 0.15) is 6.10 Å². The molecule has 182 valence electrons. The van der Waals surface area contributed by atoms with Crippen molar-refractivity contribution in [2.45, 2.75) is 74.2 Å². The maximum atomic E-state index is 12.5. The Morgan fingerprint density at radius 2 is 1.97 bits per heavy atom. The molecule has 3 fully saturated rings. The van der Waals surface area contributed by atoms with E-state index in [1.807, 2.05) is 0 Å². The largest absolute Gasteiger partial charge is 0.504 e. The lowest BCUT2D eigenvalue weighted by Crippen LogP contribution is -2.77. The van der Waals surface area contributed by atoms with Crippen molar-refractivity contribution < 1.29 is 29.2 Å². The van der Waals surface area contributed by atoms with Gasteiger partial charge in [-0.3, -0.25) is 4.90 Å². The van der Waals surface area contributed by atoms with Gasteiger partial charge in [-0.1, -0.05) is 12.5 Å². The summed E-state index contributed by atoms with van der Waals surface area (Å²) in [5, 5.41) is 23.2. The van der Waals surface area contributed by atoms with Crippen molar-refractivity contribution in [2.24, 2.45) is 5.92 Å². The Kier molecular flexibility index (Phi) is 5.61. The number of benzene rings is 1. The summed E-state index contributed by atoms with van der Waals surface area (Å²) in [6, 6.07) is 3.91. The zero-order valence-corrected chi connectivity index (χ0v) is 19.6. The Morgan fingerprint density at radius 3 is 2.76 bits per heavy atom. The molecule has 1 saturated heterocycles. The van der Waals surface area contributed by atoms with Crippen LogP contribution in [0.25, 0.3) is 0 Å². The van der Waals surface area contributed by atoms with E-state index in [0.717, 1.165) is 43.8 Å². The summed E-state index contributed by atoms with van der Waals surface area (Å²) in [4.78, 5) is 2.57. The van der Waals surface area contributed by atoms with Gasteiger partial charge < -0.3 is 29.2 Å². The zero-order valence-electron chi connectivity index (χ0n) is 19.6. The number of rotatable bonds is 9. The van der Waals surface area contributed by atoms with Crippen LogP contribution in [-0.4, -0.2) is 85.6 Å². The van der Waals surface area contributed by atoms with Gasteiger partial charge in [0, 0.05) is 25.3 Å². The Bertz CT molecular complexity index is 890. The van der Waals surface area contributed by atoms with Crippen molar-refractivity contribution in [2.75, 3.05) is 46.6 Å². The van der Waals surface area contributed by atoms with E-state index in [0.29, 0.717) is 38.6 Å². The lowest BCUT2D eigenvalue weighted by atomic mass is 9.48. The number of nitrogens with zero attached hydrogens (tertiary/aromatic N) is 1. The molecule has 2 bridgehead atoms. The molecule has 3 aliphatic carbocycles. The molecule has 0 aromatic heterocycles. The van der Waals surface area contributed by atoms with E-state index in [9.17, 15) is 10.2 Å².